The summed E-state index contributed by atoms with van der Waals surface area (Å²) < 4.78 is 23.0. The third-order valence-electron chi connectivity index (χ3n) is 2.22. The maximum atomic E-state index is 12.9. The van der Waals surface area contributed by atoms with E-state index in [4.69, 9.17) is 9.84 Å². The van der Waals surface area contributed by atoms with Gasteiger partial charge < -0.3 is 14.6 Å². The fraction of sp³-hybridized carbons (Fsp3) is 0.0714. The Labute approximate surface area is 109 Å². The quantitative estimate of drug-likeness (QED) is 0.898. The molecule has 98 valence electrons. The summed E-state index contributed by atoms with van der Waals surface area (Å²) in [4.78, 5) is 10.3. The van der Waals surface area contributed by atoms with Crippen LogP contribution in [0.15, 0.2) is 54.6 Å². The van der Waals surface area contributed by atoms with Crippen molar-refractivity contribution in [3.8, 4) is 17.2 Å². The van der Waals surface area contributed by atoms with Crippen molar-refractivity contribution < 1.29 is 23.8 Å². The van der Waals surface area contributed by atoms with E-state index in [1.165, 1.54) is 12.1 Å². The van der Waals surface area contributed by atoms with Crippen LogP contribution in [0.2, 0.25) is 0 Å². The Bertz CT molecular complexity index is 556. The second-order valence-corrected chi connectivity index (χ2v) is 3.66. The highest BCUT2D eigenvalue weighted by atomic mass is 19.1. The monoisotopic (exact) mass is 262 g/mol. The largest absolute Gasteiger partial charge is 0.476 e. The van der Waals surface area contributed by atoms with Crippen LogP contribution in [0.4, 0.5) is 4.39 Å². The van der Waals surface area contributed by atoms with Gasteiger partial charge in [-0.2, -0.15) is 4.39 Å². The maximum absolute atomic E-state index is 12.9. The van der Waals surface area contributed by atoms with Crippen LogP contribution < -0.4 is 9.47 Å². The van der Waals surface area contributed by atoms with Crippen LogP contribution in [0.3, 0.4) is 0 Å². The number of benzene rings is 2. The number of aliphatic carboxylic acids is 1. The first kappa shape index (κ1) is 12.9. The van der Waals surface area contributed by atoms with Crippen LogP contribution in [-0.4, -0.2) is 17.4 Å². The molecule has 2 aromatic rings. The minimum atomic E-state index is -2.40. The first-order chi connectivity index (χ1) is 9.15. The van der Waals surface area contributed by atoms with Gasteiger partial charge in [0.15, 0.2) is 0 Å². The maximum Gasteiger partial charge on any atom is 0.378 e. The number of ether oxygens (including phenoxy) is 2. The fourth-order valence-corrected chi connectivity index (χ4v) is 1.41. The lowest BCUT2D eigenvalue weighted by Gasteiger charge is -2.09. The van der Waals surface area contributed by atoms with Gasteiger partial charge in [0.25, 0.3) is 0 Å². The third-order valence-corrected chi connectivity index (χ3v) is 2.22. The molecular weight excluding hydrogens is 251 g/mol. The summed E-state index contributed by atoms with van der Waals surface area (Å²) in [5.74, 6) is -0.534. The predicted octanol–water partition coefficient (Wildman–Crippen LogP) is 3.24. The molecule has 1 unspecified atom stereocenters. The van der Waals surface area contributed by atoms with Crippen LogP contribution in [0, 0.1) is 0 Å². The number of rotatable bonds is 5. The van der Waals surface area contributed by atoms with Crippen molar-refractivity contribution in [2.75, 3.05) is 0 Å². The van der Waals surface area contributed by atoms with E-state index in [0.29, 0.717) is 11.5 Å². The van der Waals surface area contributed by atoms with E-state index in [0.717, 1.165) is 0 Å². The van der Waals surface area contributed by atoms with Gasteiger partial charge in [-0.15, -0.1) is 0 Å². The molecule has 0 heterocycles. The molecule has 4 nitrogen and oxygen atoms in total. The molecule has 0 saturated carbocycles. The lowest BCUT2D eigenvalue weighted by molar-refractivity contribution is -0.153. The molecule has 0 bridgehead atoms. The molecule has 0 aliphatic carbocycles. The Kier molecular flexibility index (Phi) is 3.97. The van der Waals surface area contributed by atoms with Crippen molar-refractivity contribution in [3.63, 3.8) is 0 Å². The second-order valence-electron chi connectivity index (χ2n) is 3.66. The minimum absolute atomic E-state index is 0.0864. The van der Waals surface area contributed by atoms with Crippen molar-refractivity contribution in [2.45, 2.75) is 6.36 Å². The van der Waals surface area contributed by atoms with Gasteiger partial charge in [-0.25, -0.2) is 4.79 Å². The number of halogens is 1. The number of alkyl halides is 1. The molecule has 0 spiro atoms. The summed E-state index contributed by atoms with van der Waals surface area (Å²) in [5, 5.41) is 8.42. The summed E-state index contributed by atoms with van der Waals surface area (Å²) in [6.45, 7) is 0. The molecular formula is C14H11FO4. The van der Waals surface area contributed by atoms with Gasteiger partial charge >= 0.3 is 12.3 Å². The summed E-state index contributed by atoms with van der Waals surface area (Å²) in [5.41, 5.74) is 0. The summed E-state index contributed by atoms with van der Waals surface area (Å²) >= 11 is 0. The summed E-state index contributed by atoms with van der Waals surface area (Å²) in [7, 11) is 0. The number of carbonyl (C=O) groups is 1. The minimum Gasteiger partial charge on any atom is -0.476 e. The molecule has 2 rings (SSSR count). The molecule has 19 heavy (non-hydrogen) atoms. The van der Waals surface area contributed by atoms with Gasteiger partial charge in [0.1, 0.15) is 17.2 Å². The van der Waals surface area contributed by atoms with Gasteiger partial charge in [-0.1, -0.05) is 24.3 Å². The van der Waals surface area contributed by atoms with Gasteiger partial charge in [0.2, 0.25) is 0 Å². The Hall–Kier alpha value is -2.56. The molecule has 0 amide bonds. The smallest absolute Gasteiger partial charge is 0.378 e. The molecule has 1 atom stereocenters. The molecule has 2 aromatic carbocycles. The highest BCUT2D eigenvalue weighted by molar-refractivity contribution is 5.70. The summed E-state index contributed by atoms with van der Waals surface area (Å²) in [6, 6.07) is 15.1. The van der Waals surface area contributed by atoms with Crippen molar-refractivity contribution in [2.24, 2.45) is 0 Å². The molecule has 0 fully saturated rings. The first-order valence-electron chi connectivity index (χ1n) is 5.51. The standard InChI is InChI=1S/C14H11FO4/c15-13(14(16)17)19-12-8-4-7-11(9-12)18-10-5-2-1-3-6-10/h1-9,13H,(H,16,17). The van der Waals surface area contributed by atoms with E-state index in [1.807, 2.05) is 18.2 Å². The number of para-hydroxylation sites is 1. The van der Waals surface area contributed by atoms with Gasteiger partial charge in [-0.3, -0.25) is 0 Å². The molecule has 1 N–H and O–H groups in total. The zero-order chi connectivity index (χ0) is 13.7. The molecule has 0 saturated heterocycles. The molecule has 0 radical (unpaired) electrons. The van der Waals surface area contributed by atoms with Crippen LogP contribution >= 0.6 is 0 Å². The molecule has 5 heteroatoms. The number of carboxylic acids is 1. The summed E-state index contributed by atoms with van der Waals surface area (Å²) in [6.07, 6.45) is -2.40. The van der Waals surface area contributed by atoms with Gasteiger partial charge in [0.05, 0.1) is 0 Å². The molecule has 0 aromatic heterocycles. The van der Waals surface area contributed by atoms with Gasteiger partial charge in [-0.05, 0) is 24.3 Å². The lowest BCUT2D eigenvalue weighted by Crippen LogP contribution is -2.21. The van der Waals surface area contributed by atoms with E-state index < -0.39 is 12.3 Å². The number of carboxylic acid groups (broad SMARTS) is 1. The van der Waals surface area contributed by atoms with E-state index in [9.17, 15) is 9.18 Å². The Morgan fingerprint density at radius 2 is 1.63 bits per heavy atom. The normalized spacial score (nSPS) is 11.6. The topological polar surface area (TPSA) is 55.8 Å². The van der Waals surface area contributed by atoms with Crippen LogP contribution in [0.5, 0.6) is 17.2 Å². The van der Waals surface area contributed by atoms with Crippen molar-refractivity contribution in [3.05, 3.63) is 54.6 Å². The van der Waals surface area contributed by atoms with E-state index in [2.05, 4.69) is 4.74 Å². The van der Waals surface area contributed by atoms with Crippen molar-refractivity contribution in [1.82, 2.24) is 0 Å². The lowest BCUT2D eigenvalue weighted by atomic mass is 10.3. The van der Waals surface area contributed by atoms with Crippen LogP contribution in [0.1, 0.15) is 0 Å². The van der Waals surface area contributed by atoms with Crippen molar-refractivity contribution >= 4 is 5.97 Å². The highest BCUT2D eigenvalue weighted by Crippen LogP contribution is 2.25. The average molecular weight is 262 g/mol. The Morgan fingerprint density at radius 3 is 2.32 bits per heavy atom. The van der Waals surface area contributed by atoms with Crippen molar-refractivity contribution in [1.29, 1.82) is 0 Å². The van der Waals surface area contributed by atoms with Crippen LogP contribution in [-0.2, 0) is 4.79 Å². The van der Waals surface area contributed by atoms with E-state index in [1.54, 1.807) is 24.3 Å². The number of hydrogen-bond donors (Lipinski definition) is 1. The first-order valence-corrected chi connectivity index (χ1v) is 5.51. The number of hydrogen-bond acceptors (Lipinski definition) is 3. The second kappa shape index (κ2) is 5.86. The zero-order valence-electron chi connectivity index (χ0n) is 9.82. The molecule has 0 aliphatic heterocycles. The predicted molar refractivity (Wildman–Crippen MR) is 66.1 cm³/mol. The Balaban J connectivity index is 2.09. The fourth-order valence-electron chi connectivity index (χ4n) is 1.41. The van der Waals surface area contributed by atoms with E-state index in [-0.39, 0.29) is 5.75 Å². The highest BCUT2D eigenvalue weighted by Gasteiger charge is 2.17. The van der Waals surface area contributed by atoms with Crippen LogP contribution in [0.25, 0.3) is 0 Å². The SMILES string of the molecule is O=C(O)C(F)Oc1cccc(Oc2ccccc2)c1. The van der Waals surface area contributed by atoms with E-state index >= 15 is 0 Å². The van der Waals surface area contributed by atoms with Gasteiger partial charge in [0, 0.05) is 6.07 Å². The third kappa shape index (κ3) is 3.70. The Morgan fingerprint density at radius 1 is 1.00 bits per heavy atom. The average Bonchev–Trinajstić information content (AvgIpc) is 2.40. The molecule has 0 aliphatic rings. The zero-order valence-corrected chi connectivity index (χ0v) is 9.82.